The molecule has 3 rings (SSSR count). The number of carbonyl (C=O) groups is 2. The highest BCUT2D eigenvalue weighted by Gasteiger charge is 2.44. The molecule has 5 heteroatoms. The van der Waals surface area contributed by atoms with Gasteiger partial charge in [0.15, 0.2) is 0 Å². The molecule has 1 fully saturated rings. The number of benzene rings is 1. The van der Waals surface area contributed by atoms with Gasteiger partial charge in [-0.3, -0.25) is 15.1 Å². The molecule has 1 aromatic carbocycles. The zero-order chi connectivity index (χ0) is 12.8. The lowest BCUT2D eigenvalue weighted by molar-refractivity contribution is -0.123. The van der Waals surface area contributed by atoms with E-state index < -0.39 is 11.6 Å². The molecule has 1 aliphatic rings. The molecule has 1 atom stereocenters. The third-order valence-corrected chi connectivity index (χ3v) is 3.26. The fourth-order valence-corrected chi connectivity index (χ4v) is 2.29. The second-order valence-electron chi connectivity index (χ2n) is 4.44. The van der Waals surface area contributed by atoms with Crippen molar-refractivity contribution in [2.45, 2.75) is 12.5 Å². The van der Waals surface area contributed by atoms with Crippen molar-refractivity contribution in [3.8, 4) is 0 Å². The fourth-order valence-electron chi connectivity index (χ4n) is 2.29. The predicted octanol–water partition coefficient (Wildman–Crippen LogP) is 1.29. The molecule has 0 radical (unpaired) electrons. The number of fused-ring (bicyclic) bond motifs is 1. The minimum atomic E-state index is -1.03. The SMILES string of the molecule is C[C@]1(c2cccc3cnccc23)NC(=O)NC1=O. The van der Waals surface area contributed by atoms with Crippen LogP contribution >= 0.6 is 0 Å². The molecule has 1 aliphatic heterocycles. The highest BCUT2D eigenvalue weighted by atomic mass is 16.2. The molecule has 0 aliphatic carbocycles. The van der Waals surface area contributed by atoms with E-state index in [0.29, 0.717) is 0 Å². The first kappa shape index (κ1) is 10.7. The molecule has 2 heterocycles. The molecule has 0 saturated carbocycles. The van der Waals surface area contributed by atoms with Crippen LogP contribution in [0.15, 0.2) is 36.7 Å². The van der Waals surface area contributed by atoms with Crippen LogP contribution in [0, 0.1) is 0 Å². The van der Waals surface area contributed by atoms with Crippen LogP contribution in [0.5, 0.6) is 0 Å². The van der Waals surface area contributed by atoms with Gasteiger partial charge in [-0.05, 0) is 23.9 Å². The molecular weight excluding hydrogens is 230 g/mol. The normalized spacial score (nSPS) is 22.9. The summed E-state index contributed by atoms with van der Waals surface area (Å²) < 4.78 is 0. The van der Waals surface area contributed by atoms with Gasteiger partial charge in [-0.1, -0.05) is 18.2 Å². The van der Waals surface area contributed by atoms with Crippen LogP contribution in [-0.4, -0.2) is 16.9 Å². The Hall–Kier alpha value is -2.43. The molecule has 5 nitrogen and oxygen atoms in total. The zero-order valence-corrected chi connectivity index (χ0v) is 9.73. The van der Waals surface area contributed by atoms with Gasteiger partial charge in [0.05, 0.1) is 0 Å². The van der Waals surface area contributed by atoms with Crippen molar-refractivity contribution < 1.29 is 9.59 Å². The smallest absolute Gasteiger partial charge is 0.320 e. The van der Waals surface area contributed by atoms with Crippen molar-refractivity contribution in [2.75, 3.05) is 0 Å². The number of rotatable bonds is 1. The Morgan fingerprint density at radius 3 is 2.78 bits per heavy atom. The van der Waals surface area contributed by atoms with E-state index >= 15 is 0 Å². The van der Waals surface area contributed by atoms with Crippen LogP contribution in [0.4, 0.5) is 4.79 Å². The quantitative estimate of drug-likeness (QED) is 0.739. The van der Waals surface area contributed by atoms with E-state index in [0.717, 1.165) is 16.3 Å². The zero-order valence-electron chi connectivity index (χ0n) is 9.73. The maximum Gasteiger partial charge on any atom is 0.322 e. The van der Waals surface area contributed by atoms with Crippen LogP contribution in [0.25, 0.3) is 10.8 Å². The molecule has 90 valence electrons. The molecule has 2 aromatic rings. The second kappa shape index (κ2) is 3.53. The number of nitrogens with zero attached hydrogens (tertiary/aromatic N) is 1. The summed E-state index contributed by atoms with van der Waals surface area (Å²) >= 11 is 0. The first-order valence-electron chi connectivity index (χ1n) is 5.58. The highest BCUT2D eigenvalue weighted by Crippen LogP contribution is 2.30. The van der Waals surface area contributed by atoms with Gasteiger partial charge in [0.1, 0.15) is 5.54 Å². The fraction of sp³-hybridized carbons (Fsp3) is 0.154. The van der Waals surface area contributed by atoms with Gasteiger partial charge in [-0.2, -0.15) is 0 Å². The second-order valence-corrected chi connectivity index (χ2v) is 4.44. The van der Waals surface area contributed by atoms with E-state index in [1.807, 2.05) is 24.3 Å². The number of nitrogens with one attached hydrogen (secondary N) is 2. The maximum atomic E-state index is 11.9. The summed E-state index contributed by atoms with van der Waals surface area (Å²) in [6, 6.07) is 6.99. The average Bonchev–Trinajstić information content (AvgIpc) is 2.63. The van der Waals surface area contributed by atoms with E-state index in [2.05, 4.69) is 15.6 Å². The third kappa shape index (κ3) is 1.37. The molecular formula is C13H11N3O2. The lowest BCUT2D eigenvalue weighted by Gasteiger charge is -2.22. The van der Waals surface area contributed by atoms with Crippen LogP contribution in [-0.2, 0) is 10.3 Å². The Kier molecular flexibility index (Phi) is 2.10. The van der Waals surface area contributed by atoms with Gasteiger partial charge in [-0.25, -0.2) is 4.79 Å². The molecule has 1 aromatic heterocycles. The lowest BCUT2D eigenvalue weighted by atomic mass is 9.88. The first-order chi connectivity index (χ1) is 8.61. The van der Waals surface area contributed by atoms with E-state index in [1.165, 1.54) is 0 Å². The monoisotopic (exact) mass is 241 g/mol. The van der Waals surface area contributed by atoms with Crippen LogP contribution in [0.1, 0.15) is 12.5 Å². The van der Waals surface area contributed by atoms with Crippen molar-refractivity contribution in [3.63, 3.8) is 0 Å². The number of aromatic nitrogens is 1. The standard InChI is InChI=1S/C13H11N3O2/c1-13(11(17)15-12(18)16-13)10-4-2-3-8-7-14-6-5-9(8)10/h2-7H,1H3,(H2,15,16,17,18)/t13-/m1/s1. The minimum Gasteiger partial charge on any atom is -0.320 e. The summed E-state index contributed by atoms with van der Waals surface area (Å²) in [5.41, 5.74) is -0.261. The van der Waals surface area contributed by atoms with Gasteiger partial charge in [0.2, 0.25) is 0 Å². The van der Waals surface area contributed by atoms with E-state index in [-0.39, 0.29) is 5.91 Å². The highest BCUT2D eigenvalue weighted by molar-refractivity contribution is 6.09. The van der Waals surface area contributed by atoms with Gasteiger partial charge < -0.3 is 5.32 Å². The third-order valence-electron chi connectivity index (χ3n) is 3.26. The Bertz CT molecular complexity index is 663. The summed E-state index contributed by atoms with van der Waals surface area (Å²) in [6.45, 7) is 1.70. The summed E-state index contributed by atoms with van der Waals surface area (Å²) in [6.07, 6.45) is 3.40. The van der Waals surface area contributed by atoms with Crippen molar-refractivity contribution in [3.05, 3.63) is 42.2 Å². The first-order valence-corrected chi connectivity index (χ1v) is 5.58. The maximum absolute atomic E-state index is 11.9. The number of amides is 3. The molecule has 2 N–H and O–H groups in total. The Labute approximate surface area is 103 Å². The summed E-state index contributed by atoms with van der Waals surface area (Å²) in [7, 11) is 0. The molecule has 1 saturated heterocycles. The van der Waals surface area contributed by atoms with Crippen LogP contribution < -0.4 is 10.6 Å². The lowest BCUT2D eigenvalue weighted by Crippen LogP contribution is -2.40. The van der Waals surface area contributed by atoms with Crippen LogP contribution in [0.2, 0.25) is 0 Å². The number of carbonyl (C=O) groups excluding carboxylic acids is 2. The van der Waals surface area contributed by atoms with Crippen molar-refractivity contribution in [1.29, 1.82) is 0 Å². The number of imide groups is 1. The van der Waals surface area contributed by atoms with Gasteiger partial charge >= 0.3 is 6.03 Å². The van der Waals surface area contributed by atoms with Crippen molar-refractivity contribution >= 4 is 22.7 Å². The van der Waals surface area contributed by atoms with Gasteiger partial charge in [-0.15, -0.1) is 0 Å². The molecule has 3 amide bonds. The minimum absolute atomic E-state index is 0.336. The Morgan fingerprint density at radius 1 is 1.22 bits per heavy atom. The van der Waals surface area contributed by atoms with Gasteiger partial charge in [0, 0.05) is 17.8 Å². The Balaban J connectivity index is 2.26. The van der Waals surface area contributed by atoms with Crippen molar-refractivity contribution in [1.82, 2.24) is 15.6 Å². The Morgan fingerprint density at radius 2 is 2.06 bits per heavy atom. The number of hydrogen-bond donors (Lipinski definition) is 2. The molecule has 0 bridgehead atoms. The molecule has 0 spiro atoms. The number of hydrogen-bond acceptors (Lipinski definition) is 3. The topological polar surface area (TPSA) is 71.1 Å². The average molecular weight is 241 g/mol. The van der Waals surface area contributed by atoms with E-state index in [1.54, 1.807) is 19.3 Å². The summed E-state index contributed by atoms with van der Waals surface area (Å²) in [5, 5.41) is 6.78. The van der Waals surface area contributed by atoms with Crippen LogP contribution in [0.3, 0.4) is 0 Å². The van der Waals surface area contributed by atoms with E-state index in [9.17, 15) is 9.59 Å². The predicted molar refractivity (Wildman–Crippen MR) is 65.8 cm³/mol. The molecule has 0 unspecified atom stereocenters. The largest absolute Gasteiger partial charge is 0.322 e. The summed E-state index contributed by atoms with van der Waals surface area (Å²) in [5.74, 6) is -0.336. The molecule has 18 heavy (non-hydrogen) atoms. The van der Waals surface area contributed by atoms with E-state index in [4.69, 9.17) is 0 Å². The summed E-state index contributed by atoms with van der Waals surface area (Å²) in [4.78, 5) is 27.3. The number of pyridine rings is 1. The number of urea groups is 1. The van der Waals surface area contributed by atoms with Crippen molar-refractivity contribution in [2.24, 2.45) is 0 Å². The van der Waals surface area contributed by atoms with Gasteiger partial charge in [0.25, 0.3) is 5.91 Å².